The second-order valence-corrected chi connectivity index (χ2v) is 10.1. The molecule has 0 unspecified atom stereocenters. The van der Waals surface area contributed by atoms with Gasteiger partial charge in [-0.25, -0.2) is 26.4 Å². The number of alkyl halides is 4. The summed E-state index contributed by atoms with van der Waals surface area (Å²) in [5, 5.41) is 0. The molecule has 2 atom stereocenters. The molecule has 2 aromatic rings. The van der Waals surface area contributed by atoms with Crippen molar-refractivity contribution in [2.75, 3.05) is 26.7 Å². The number of carbonyl (C=O) groups excluding carboxylic acids is 1. The van der Waals surface area contributed by atoms with Gasteiger partial charge in [-0.15, -0.1) is 0 Å². The molecule has 2 aliphatic heterocycles. The van der Waals surface area contributed by atoms with Gasteiger partial charge in [-0.05, 0) is 23.6 Å². The number of fused-ring (bicyclic) bond motifs is 5. The number of sulfonamides is 1. The summed E-state index contributed by atoms with van der Waals surface area (Å²) in [6.45, 7) is -1.44. The standard InChI is InChI=1S/C22H22F5N3O4S/c1-29-8-9-34-18-15(6-3-7-16(18)23)14-5-2-4-13(10-14)11-17-19(28-35(32,33)20(24)25)22(26,27)12-30(17)21(29)31/h2-7,10,17,19-20,28H,8-9,11-12H2,1H3/t17-,19+/m1/s1. The molecule has 13 heteroatoms. The molecule has 2 bridgehead atoms. The second-order valence-electron chi connectivity index (χ2n) is 8.43. The summed E-state index contributed by atoms with van der Waals surface area (Å²) >= 11 is 0. The summed E-state index contributed by atoms with van der Waals surface area (Å²) in [6, 6.07) is 6.04. The highest BCUT2D eigenvalue weighted by atomic mass is 32.2. The third-order valence-electron chi connectivity index (χ3n) is 6.04. The largest absolute Gasteiger partial charge is 0.488 e. The lowest BCUT2D eigenvalue weighted by molar-refractivity contribution is -0.00553. The van der Waals surface area contributed by atoms with Crippen molar-refractivity contribution in [3.8, 4) is 16.9 Å². The minimum atomic E-state index is -5.38. The van der Waals surface area contributed by atoms with E-state index in [9.17, 15) is 35.2 Å². The molecule has 2 amide bonds. The molecule has 7 nitrogen and oxygen atoms in total. The van der Waals surface area contributed by atoms with Crippen LogP contribution in [0.2, 0.25) is 0 Å². The quantitative estimate of drug-likeness (QED) is 0.632. The minimum absolute atomic E-state index is 0.0423. The van der Waals surface area contributed by atoms with Gasteiger partial charge in [-0.2, -0.15) is 13.5 Å². The van der Waals surface area contributed by atoms with E-state index in [0.717, 1.165) is 9.80 Å². The van der Waals surface area contributed by atoms with E-state index in [1.807, 2.05) is 0 Å². The van der Waals surface area contributed by atoms with E-state index in [1.165, 1.54) is 23.9 Å². The molecule has 1 saturated heterocycles. The Hall–Kier alpha value is -2.93. The van der Waals surface area contributed by atoms with Gasteiger partial charge in [0.25, 0.3) is 15.9 Å². The van der Waals surface area contributed by atoms with Crippen LogP contribution in [-0.2, 0) is 16.4 Å². The van der Waals surface area contributed by atoms with Crippen molar-refractivity contribution in [1.82, 2.24) is 14.5 Å². The Kier molecular flexibility index (Phi) is 6.66. The monoisotopic (exact) mass is 519 g/mol. The zero-order valence-corrected chi connectivity index (χ0v) is 19.2. The fourth-order valence-corrected chi connectivity index (χ4v) is 5.11. The van der Waals surface area contributed by atoms with E-state index in [1.54, 1.807) is 30.3 Å². The van der Waals surface area contributed by atoms with E-state index >= 15 is 0 Å². The summed E-state index contributed by atoms with van der Waals surface area (Å²) in [5.74, 6) is -8.41. The van der Waals surface area contributed by atoms with Crippen molar-refractivity contribution >= 4 is 16.1 Å². The van der Waals surface area contributed by atoms with E-state index in [4.69, 9.17) is 4.74 Å². The maximum Gasteiger partial charge on any atom is 0.350 e. The number of halogens is 5. The number of hydrogen-bond donors (Lipinski definition) is 1. The van der Waals surface area contributed by atoms with Gasteiger partial charge >= 0.3 is 11.8 Å². The number of para-hydroxylation sites is 1. The van der Waals surface area contributed by atoms with Gasteiger partial charge in [-0.3, -0.25) is 0 Å². The Morgan fingerprint density at radius 3 is 2.60 bits per heavy atom. The number of hydrogen-bond acceptors (Lipinski definition) is 4. The summed E-state index contributed by atoms with van der Waals surface area (Å²) in [5.41, 5.74) is 1.29. The van der Waals surface area contributed by atoms with Crippen molar-refractivity contribution in [3.63, 3.8) is 0 Å². The van der Waals surface area contributed by atoms with Crippen LogP contribution in [0.5, 0.6) is 5.75 Å². The Labute approximate surface area is 198 Å². The number of carbonyl (C=O) groups is 1. The molecule has 0 radical (unpaired) electrons. The van der Waals surface area contributed by atoms with Crippen LogP contribution < -0.4 is 9.46 Å². The fourth-order valence-electron chi connectivity index (χ4n) is 4.32. The zero-order valence-electron chi connectivity index (χ0n) is 18.4. The van der Waals surface area contributed by atoms with Crippen LogP contribution in [0.25, 0.3) is 11.1 Å². The Morgan fingerprint density at radius 2 is 1.89 bits per heavy atom. The van der Waals surface area contributed by atoms with E-state index < -0.39 is 52.2 Å². The molecule has 1 N–H and O–H groups in total. The van der Waals surface area contributed by atoms with Crippen LogP contribution in [0.15, 0.2) is 42.5 Å². The molecule has 0 aliphatic carbocycles. The third-order valence-corrected chi connectivity index (χ3v) is 7.09. The average Bonchev–Trinajstić information content (AvgIpc) is 3.03. The lowest BCUT2D eigenvalue weighted by atomic mass is 9.96. The van der Waals surface area contributed by atoms with E-state index in [2.05, 4.69) is 0 Å². The highest BCUT2D eigenvalue weighted by Crippen LogP contribution is 2.38. The predicted octanol–water partition coefficient (Wildman–Crippen LogP) is 3.31. The van der Waals surface area contributed by atoms with Gasteiger partial charge in [0.15, 0.2) is 11.6 Å². The first-order valence-electron chi connectivity index (χ1n) is 10.6. The molecule has 0 spiro atoms. The first kappa shape index (κ1) is 25.2. The SMILES string of the molecule is CN1CCOc2c(F)cccc2-c2cccc(c2)C[C@@H]2[C@H](NS(=O)(=O)C(F)F)C(F)(F)CN2C1=O. The molecule has 0 aromatic heterocycles. The lowest BCUT2D eigenvalue weighted by Gasteiger charge is -2.31. The number of benzene rings is 2. The van der Waals surface area contributed by atoms with Gasteiger partial charge in [0.05, 0.1) is 19.1 Å². The predicted molar refractivity (Wildman–Crippen MR) is 116 cm³/mol. The van der Waals surface area contributed by atoms with Gasteiger partial charge in [0.2, 0.25) is 0 Å². The van der Waals surface area contributed by atoms with E-state index in [-0.39, 0.29) is 25.3 Å². The number of ether oxygens (including phenoxy) is 1. The number of amides is 2. The van der Waals surface area contributed by atoms with Crippen LogP contribution in [0.4, 0.5) is 26.7 Å². The molecule has 2 heterocycles. The highest BCUT2D eigenvalue weighted by molar-refractivity contribution is 7.89. The van der Waals surface area contributed by atoms with Gasteiger partial charge in [0.1, 0.15) is 12.6 Å². The number of nitrogens with one attached hydrogen (secondary N) is 1. The normalized spacial score (nSPS) is 22.5. The van der Waals surface area contributed by atoms with Crippen LogP contribution in [0.3, 0.4) is 0 Å². The maximum atomic E-state index is 15.0. The van der Waals surface area contributed by atoms with Crippen LogP contribution >= 0.6 is 0 Å². The smallest absolute Gasteiger partial charge is 0.350 e. The van der Waals surface area contributed by atoms with Gasteiger partial charge in [0, 0.05) is 12.6 Å². The topological polar surface area (TPSA) is 79.0 Å². The highest BCUT2D eigenvalue weighted by Gasteiger charge is 2.58. The number of rotatable bonds is 3. The fraction of sp³-hybridized carbons (Fsp3) is 0.409. The van der Waals surface area contributed by atoms with Crippen LogP contribution in [0.1, 0.15) is 5.56 Å². The van der Waals surface area contributed by atoms with Crippen molar-refractivity contribution in [3.05, 3.63) is 53.8 Å². The average molecular weight is 519 g/mol. The molecular weight excluding hydrogens is 497 g/mol. The summed E-state index contributed by atoms with van der Waals surface area (Å²) in [7, 11) is -4.06. The van der Waals surface area contributed by atoms with Crippen LogP contribution in [0, 0.1) is 5.82 Å². The minimum Gasteiger partial charge on any atom is -0.488 e. The lowest BCUT2D eigenvalue weighted by Crippen LogP contribution is -2.54. The van der Waals surface area contributed by atoms with Gasteiger partial charge < -0.3 is 14.5 Å². The first-order chi connectivity index (χ1) is 16.4. The van der Waals surface area contributed by atoms with Crippen molar-refractivity contribution in [2.45, 2.75) is 30.2 Å². The van der Waals surface area contributed by atoms with Crippen LogP contribution in [-0.4, -0.2) is 74.8 Å². The summed E-state index contributed by atoms with van der Waals surface area (Å²) in [4.78, 5) is 14.9. The summed E-state index contributed by atoms with van der Waals surface area (Å²) in [6.07, 6.45) is -0.273. The number of likely N-dealkylation sites (N-methyl/N-ethyl adjacent to an activating group) is 1. The molecule has 4 rings (SSSR count). The molecular formula is C22H22F5N3O4S. The van der Waals surface area contributed by atoms with Gasteiger partial charge in [-0.1, -0.05) is 36.4 Å². The molecule has 0 saturated carbocycles. The summed E-state index contributed by atoms with van der Waals surface area (Å²) < 4.78 is 101. The van der Waals surface area contributed by atoms with Crippen molar-refractivity contribution in [2.24, 2.45) is 0 Å². The molecule has 1 fully saturated rings. The third kappa shape index (κ3) is 4.92. The Bertz CT molecular complexity index is 1230. The maximum absolute atomic E-state index is 15.0. The molecule has 2 aromatic carbocycles. The second kappa shape index (κ2) is 9.26. The Balaban J connectivity index is 1.81. The number of nitrogens with zero attached hydrogens (tertiary/aromatic N) is 2. The molecule has 190 valence electrons. The zero-order chi connectivity index (χ0) is 25.5. The Morgan fingerprint density at radius 1 is 1.17 bits per heavy atom. The van der Waals surface area contributed by atoms with Crippen molar-refractivity contribution < 1.29 is 39.9 Å². The molecule has 2 aliphatic rings. The van der Waals surface area contributed by atoms with Crippen molar-refractivity contribution in [1.29, 1.82) is 0 Å². The molecule has 35 heavy (non-hydrogen) atoms. The van der Waals surface area contributed by atoms with E-state index in [0.29, 0.717) is 16.7 Å². The number of urea groups is 1. The first-order valence-corrected chi connectivity index (χ1v) is 12.1.